The molecular formula is C10H16N2O3. The predicted octanol–water partition coefficient (Wildman–Crippen LogP) is 0.265. The second kappa shape index (κ2) is 4.46. The summed E-state index contributed by atoms with van der Waals surface area (Å²) in [5, 5.41) is 9.19. The highest BCUT2D eigenvalue weighted by Gasteiger charge is 2.25. The lowest BCUT2D eigenvalue weighted by Gasteiger charge is -2.24. The molecule has 0 spiro atoms. The van der Waals surface area contributed by atoms with Gasteiger partial charge in [-0.3, -0.25) is 0 Å². The van der Waals surface area contributed by atoms with Crippen LogP contribution in [0.15, 0.2) is 12.3 Å². The third kappa shape index (κ3) is 2.37. The van der Waals surface area contributed by atoms with Crippen LogP contribution < -0.4 is 15.2 Å². The summed E-state index contributed by atoms with van der Waals surface area (Å²) < 4.78 is 10.1. The second-order valence-corrected chi connectivity index (χ2v) is 3.50. The summed E-state index contributed by atoms with van der Waals surface area (Å²) in [7, 11) is 3.05. The van der Waals surface area contributed by atoms with Crippen molar-refractivity contribution in [3.05, 3.63) is 17.8 Å². The molecule has 0 amide bonds. The number of nitrogens with zero attached hydrogens (tertiary/aromatic N) is 1. The molecule has 1 unspecified atom stereocenters. The Kier molecular flexibility index (Phi) is 3.49. The maximum Gasteiger partial charge on any atom is 0.213 e. The molecule has 0 bridgehead atoms. The van der Waals surface area contributed by atoms with Crippen LogP contribution in [0.5, 0.6) is 11.6 Å². The largest absolute Gasteiger partial charge is 0.495 e. The first-order valence-electron chi connectivity index (χ1n) is 4.53. The smallest absolute Gasteiger partial charge is 0.213 e. The minimum atomic E-state index is -0.873. The molecule has 0 aromatic carbocycles. The Labute approximate surface area is 88.8 Å². The van der Waals surface area contributed by atoms with Crippen molar-refractivity contribution in [2.75, 3.05) is 20.8 Å². The third-order valence-corrected chi connectivity index (χ3v) is 2.22. The maximum absolute atomic E-state index is 9.19. The molecule has 5 heteroatoms. The van der Waals surface area contributed by atoms with Gasteiger partial charge in [-0.1, -0.05) is 0 Å². The highest BCUT2D eigenvalue weighted by molar-refractivity contribution is 5.39. The lowest BCUT2D eigenvalue weighted by molar-refractivity contribution is 0.205. The van der Waals surface area contributed by atoms with E-state index in [0.717, 1.165) is 0 Å². The zero-order valence-corrected chi connectivity index (χ0v) is 9.15. The van der Waals surface area contributed by atoms with Gasteiger partial charge in [-0.25, -0.2) is 4.98 Å². The first kappa shape index (κ1) is 11.7. The molecule has 5 nitrogen and oxygen atoms in total. The Hall–Kier alpha value is -1.33. The molecule has 1 heterocycles. The zero-order valence-electron chi connectivity index (χ0n) is 9.15. The summed E-state index contributed by atoms with van der Waals surface area (Å²) in [5.74, 6) is 0.978. The van der Waals surface area contributed by atoms with Crippen LogP contribution in [0.25, 0.3) is 0 Å². The number of nitrogens with two attached hydrogens (primary N) is 1. The van der Waals surface area contributed by atoms with Gasteiger partial charge >= 0.3 is 0 Å². The summed E-state index contributed by atoms with van der Waals surface area (Å²) >= 11 is 0. The molecule has 0 fully saturated rings. The highest BCUT2D eigenvalue weighted by atomic mass is 16.5. The zero-order chi connectivity index (χ0) is 11.5. The molecule has 84 valence electrons. The van der Waals surface area contributed by atoms with Gasteiger partial charge in [0.05, 0.1) is 32.6 Å². The average Bonchev–Trinajstić information content (AvgIpc) is 2.28. The Morgan fingerprint density at radius 2 is 2.13 bits per heavy atom. The molecule has 1 aromatic rings. The van der Waals surface area contributed by atoms with Gasteiger partial charge in [0.2, 0.25) is 5.88 Å². The molecule has 0 saturated heterocycles. The van der Waals surface area contributed by atoms with E-state index in [0.29, 0.717) is 17.2 Å². The number of hydrogen-bond donors (Lipinski definition) is 2. The van der Waals surface area contributed by atoms with Crippen LogP contribution in [0.1, 0.15) is 12.5 Å². The van der Waals surface area contributed by atoms with Crippen molar-refractivity contribution in [1.82, 2.24) is 4.98 Å². The van der Waals surface area contributed by atoms with Crippen molar-refractivity contribution in [1.29, 1.82) is 0 Å². The molecule has 0 aliphatic rings. The van der Waals surface area contributed by atoms with Crippen LogP contribution in [0.2, 0.25) is 0 Å². The molecule has 1 rings (SSSR count). The lowest BCUT2D eigenvalue weighted by atomic mass is 9.94. The number of pyridine rings is 1. The van der Waals surface area contributed by atoms with E-state index in [1.165, 1.54) is 20.4 Å². The summed E-state index contributed by atoms with van der Waals surface area (Å²) in [4.78, 5) is 3.99. The van der Waals surface area contributed by atoms with E-state index in [1.54, 1.807) is 13.0 Å². The van der Waals surface area contributed by atoms with Crippen LogP contribution in [0.4, 0.5) is 0 Å². The van der Waals surface area contributed by atoms with E-state index in [4.69, 9.17) is 15.2 Å². The monoisotopic (exact) mass is 212 g/mol. The summed E-state index contributed by atoms with van der Waals surface area (Å²) in [6.07, 6.45) is 1.52. The van der Waals surface area contributed by atoms with Gasteiger partial charge < -0.3 is 20.3 Å². The van der Waals surface area contributed by atoms with Gasteiger partial charge in [-0.2, -0.15) is 0 Å². The van der Waals surface area contributed by atoms with Gasteiger partial charge in [-0.15, -0.1) is 0 Å². The SMILES string of the molecule is COc1cc(C(C)(N)CO)c(OC)cn1. The highest BCUT2D eigenvalue weighted by Crippen LogP contribution is 2.29. The topological polar surface area (TPSA) is 77.6 Å². The first-order valence-corrected chi connectivity index (χ1v) is 4.53. The molecule has 1 atom stereocenters. The quantitative estimate of drug-likeness (QED) is 0.748. The number of aliphatic hydroxyl groups excluding tert-OH is 1. The minimum absolute atomic E-state index is 0.184. The Morgan fingerprint density at radius 3 is 2.60 bits per heavy atom. The van der Waals surface area contributed by atoms with Crippen molar-refractivity contribution in [2.45, 2.75) is 12.5 Å². The van der Waals surface area contributed by atoms with Crippen LogP contribution in [-0.2, 0) is 5.54 Å². The standard InChI is InChI=1S/C10H16N2O3/c1-10(11,6-13)7-4-9(15-3)12-5-8(7)14-2/h4-5,13H,6,11H2,1-3H3. The summed E-state index contributed by atoms with van der Waals surface area (Å²) in [6.45, 7) is 1.53. The van der Waals surface area contributed by atoms with Crippen LogP contribution in [0, 0.1) is 0 Å². The molecule has 1 aromatic heterocycles. The van der Waals surface area contributed by atoms with Crippen LogP contribution in [0.3, 0.4) is 0 Å². The molecule has 0 aliphatic carbocycles. The van der Waals surface area contributed by atoms with Crippen molar-refractivity contribution in [3.8, 4) is 11.6 Å². The molecule has 0 radical (unpaired) electrons. The Balaban J connectivity index is 3.23. The van der Waals surface area contributed by atoms with E-state index in [2.05, 4.69) is 4.98 Å². The molecule has 3 N–H and O–H groups in total. The fraction of sp³-hybridized carbons (Fsp3) is 0.500. The van der Waals surface area contributed by atoms with E-state index in [-0.39, 0.29) is 6.61 Å². The Morgan fingerprint density at radius 1 is 1.47 bits per heavy atom. The van der Waals surface area contributed by atoms with Crippen molar-refractivity contribution < 1.29 is 14.6 Å². The normalized spacial score (nSPS) is 14.5. The number of methoxy groups -OCH3 is 2. The van der Waals surface area contributed by atoms with Gasteiger partial charge in [0.15, 0.2) is 0 Å². The predicted molar refractivity (Wildman–Crippen MR) is 56.0 cm³/mol. The van der Waals surface area contributed by atoms with E-state index >= 15 is 0 Å². The van der Waals surface area contributed by atoms with Gasteiger partial charge in [0.25, 0.3) is 0 Å². The molecule has 0 aliphatic heterocycles. The maximum atomic E-state index is 9.19. The Bertz CT molecular complexity index is 339. The van der Waals surface area contributed by atoms with Crippen LogP contribution in [-0.4, -0.2) is 30.9 Å². The van der Waals surface area contributed by atoms with E-state index in [1.807, 2.05) is 0 Å². The first-order chi connectivity index (χ1) is 7.05. The van der Waals surface area contributed by atoms with Crippen molar-refractivity contribution in [2.24, 2.45) is 5.73 Å². The molecule has 0 saturated carbocycles. The van der Waals surface area contributed by atoms with E-state index < -0.39 is 5.54 Å². The van der Waals surface area contributed by atoms with Gasteiger partial charge in [-0.05, 0) is 6.92 Å². The average molecular weight is 212 g/mol. The fourth-order valence-electron chi connectivity index (χ4n) is 1.23. The van der Waals surface area contributed by atoms with E-state index in [9.17, 15) is 5.11 Å². The van der Waals surface area contributed by atoms with Crippen molar-refractivity contribution >= 4 is 0 Å². The van der Waals surface area contributed by atoms with Gasteiger partial charge in [0.1, 0.15) is 5.75 Å². The molecule has 15 heavy (non-hydrogen) atoms. The third-order valence-electron chi connectivity index (χ3n) is 2.22. The lowest BCUT2D eigenvalue weighted by Crippen LogP contribution is -2.37. The number of rotatable bonds is 4. The number of aromatic nitrogens is 1. The molecular weight excluding hydrogens is 196 g/mol. The van der Waals surface area contributed by atoms with Crippen molar-refractivity contribution in [3.63, 3.8) is 0 Å². The minimum Gasteiger partial charge on any atom is -0.495 e. The summed E-state index contributed by atoms with van der Waals surface area (Å²) in [5.41, 5.74) is 5.72. The van der Waals surface area contributed by atoms with Gasteiger partial charge in [0, 0.05) is 11.6 Å². The van der Waals surface area contributed by atoms with Crippen LogP contribution >= 0.6 is 0 Å². The number of ether oxygens (including phenoxy) is 2. The number of aliphatic hydroxyl groups is 1. The number of hydrogen-bond acceptors (Lipinski definition) is 5. The summed E-state index contributed by atoms with van der Waals surface area (Å²) in [6, 6.07) is 1.66. The second-order valence-electron chi connectivity index (χ2n) is 3.50. The fourth-order valence-corrected chi connectivity index (χ4v) is 1.23.